The minimum absolute atomic E-state index is 0.134. The van der Waals surface area contributed by atoms with Gasteiger partial charge in [0.05, 0.1) is 5.01 Å². The van der Waals surface area contributed by atoms with E-state index in [0.717, 1.165) is 51.0 Å². The number of hydrogen-bond acceptors (Lipinski definition) is 4. The van der Waals surface area contributed by atoms with E-state index >= 15 is 0 Å². The molecule has 2 aliphatic rings. The number of nitrogens with zero attached hydrogens (tertiary/aromatic N) is 3. The molecule has 1 N–H and O–H groups in total. The van der Waals surface area contributed by atoms with Crippen molar-refractivity contribution in [3.8, 4) is 0 Å². The first-order chi connectivity index (χ1) is 11.7. The van der Waals surface area contributed by atoms with Crippen LogP contribution in [0.4, 0.5) is 4.79 Å². The Bertz CT molecular complexity index is 527. The minimum Gasteiger partial charge on any atom is -0.338 e. The molecule has 3 rings (SSSR count). The molecule has 1 aromatic rings. The minimum atomic E-state index is 0.134. The molecular weight excluding hydrogens is 320 g/mol. The third-order valence-electron chi connectivity index (χ3n) is 5.07. The number of carbonyl (C=O) groups is 1. The van der Waals surface area contributed by atoms with Crippen LogP contribution in [0.1, 0.15) is 49.2 Å². The fraction of sp³-hybridized carbons (Fsp3) is 0.778. The zero-order chi connectivity index (χ0) is 16.8. The normalized spacial score (nSPS) is 22.0. The average molecular weight is 351 g/mol. The Kier molecular flexibility index (Phi) is 6.49. The van der Waals surface area contributed by atoms with Gasteiger partial charge < -0.3 is 15.1 Å². The van der Waals surface area contributed by atoms with Crippen molar-refractivity contribution in [3.63, 3.8) is 0 Å². The lowest BCUT2D eigenvalue weighted by Gasteiger charge is -2.37. The maximum atomic E-state index is 12.6. The molecule has 3 heterocycles. The molecule has 0 aliphatic carbocycles. The quantitative estimate of drug-likeness (QED) is 0.802. The third kappa shape index (κ3) is 4.93. The van der Waals surface area contributed by atoms with Crippen LogP contribution in [0, 0.1) is 6.92 Å². The van der Waals surface area contributed by atoms with E-state index in [0.29, 0.717) is 6.04 Å². The Balaban J connectivity index is 1.41. The first kappa shape index (κ1) is 17.7. The summed E-state index contributed by atoms with van der Waals surface area (Å²) in [5.41, 5.74) is 1.09. The Labute approximate surface area is 149 Å². The fourth-order valence-corrected chi connectivity index (χ4v) is 4.59. The zero-order valence-electron chi connectivity index (χ0n) is 14.8. The number of likely N-dealkylation sites (tertiary alicyclic amines) is 2. The molecule has 134 valence electrons. The number of piperidine rings is 1. The van der Waals surface area contributed by atoms with Crippen LogP contribution in [-0.2, 0) is 6.42 Å². The van der Waals surface area contributed by atoms with Gasteiger partial charge >= 0.3 is 6.03 Å². The van der Waals surface area contributed by atoms with E-state index in [1.807, 2.05) is 6.92 Å². The Hall–Kier alpha value is -1.14. The highest BCUT2D eigenvalue weighted by Crippen LogP contribution is 2.20. The second kappa shape index (κ2) is 8.81. The van der Waals surface area contributed by atoms with Crippen LogP contribution in [-0.4, -0.2) is 59.6 Å². The number of carbonyl (C=O) groups excluding carboxylic acids is 1. The van der Waals surface area contributed by atoms with E-state index in [2.05, 4.69) is 25.5 Å². The molecule has 0 radical (unpaired) electrons. The van der Waals surface area contributed by atoms with Gasteiger partial charge in [-0.05, 0) is 58.5 Å². The van der Waals surface area contributed by atoms with Crippen LogP contribution in [0.25, 0.3) is 0 Å². The molecule has 0 aromatic carbocycles. The predicted octanol–water partition coefficient (Wildman–Crippen LogP) is 3.04. The lowest BCUT2D eigenvalue weighted by molar-refractivity contribution is 0.127. The molecule has 2 amide bonds. The maximum Gasteiger partial charge on any atom is 0.317 e. The third-order valence-corrected chi connectivity index (χ3v) is 6.09. The molecule has 5 nitrogen and oxygen atoms in total. The molecule has 24 heavy (non-hydrogen) atoms. The summed E-state index contributed by atoms with van der Waals surface area (Å²) < 4.78 is 0. The number of rotatable bonds is 6. The topological polar surface area (TPSA) is 48.5 Å². The lowest BCUT2D eigenvalue weighted by atomic mass is 10.0. The predicted molar refractivity (Wildman–Crippen MR) is 98.6 cm³/mol. The van der Waals surface area contributed by atoms with E-state index in [1.165, 1.54) is 37.4 Å². The fourth-order valence-electron chi connectivity index (χ4n) is 3.77. The lowest BCUT2D eigenvalue weighted by Crippen LogP contribution is -2.52. The Morgan fingerprint density at radius 1 is 1.29 bits per heavy atom. The first-order valence-corrected chi connectivity index (χ1v) is 10.3. The van der Waals surface area contributed by atoms with Gasteiger partial charge in [0.25, 0.3) is 0 Å². The molecule has 1 aromatic heterocycles. The van der Waals surface area contributed by atoms with Crippen LogP contribution in [0.15, 0.2) is 5.38 Å². The van der Waals surface area contributed by atoms with E-state index in [1.54, 1.807) is 11.3 Å². The van der Waals surface area contributed by atoms with Gasteiger partial charge in [-0.25, -0.2) is 9.78 Å². The van der Waals surface area contributed by atoms with Crippen molar-refractivity contribution in [2.75, 3.05) is 32.7 Å². The Morgan fingerprint density at radius 2 is 2.08 bits per heavy atom. The van der Waals surface area contributed by atoms with Crippen molar-refractivity contribution in [1.82, 2.24) is 20.1 Å². The zero-order valence-corrected chi connectivity index (χ0v) is 15.6. The van der Waals surface area contributed by atoms with Gasteiger partial charge in [-0.15, -0.1) is 11.3 Å². The Morgan fingerprint density at radius 3 is 2.83 bits per heavy atom. The van der Waals surface area contributed by atoms with E-state index in [-0.39, 0.29) is 6.03 Å². The summed E-state index contributed by atoms with van der Waals surface area (Å²) in [5, 5.41) is 6.39. The monoisotopic (exact) mass is 350 g/mol. The van der Waals surface area contributed by atoms with Gasteiger partial charge in [0.2, 0.25) is 0 Å². The van der Waals surface area contributed by atoms with E-state index in [4.69, 9.17) is 0 Å². The molecule has 0 spiro atoms. The summed E-state index contributed by atoms with van der Waals surface area (Å²) in [7, 11) is 0. The second-order valence-electron chi connectivity index (χ2n) is 7.07. The van der Waals surface area contributed by atoms with Gasteiger partial charge in [-0.3, -0.25) is 0 Å². The van der Waals surface area contributed by atoms with Gasteiger partial charge in [-0.1, -0.05) is 0 Å². The number of thiazole rings is 1. The summed E-state index contributed by atoms with van der Waals surface area (Å²) in [5.74, 6) is 0. The van der Waals surface area contributed by atoms with Crippen LogP contribution >= 0.6 is 11.3 Å². The highest BCUT2D eigenvalue weighted by atomic mass is 32.1. The molecule has 6 heteroatoms. The molecule has 2 fully saturated rings. The molecule has 2 saturated heterocycles. The standard InChI is InChI=1S/C18H30N4OS/c1-15-14-24-17(20-15)8-6-9-19-18(23)22-12-3-2-7-16(22)13-21-10-4-5-11-21/h14,16H,2-13H2,1H3,(H,19,23)/t16-/m1/s1. The maximum absolute atomic E-state index is 12.6. The molecular formula is C18H30N4OS. The number of aryl methyl sites for hydroxylation is 2. The molecule has 0 saturated carbocycles. The van der Waals surface area contributed by atoms with Crippen molar-refractivity contribution in [3.05, 3.63) is 16.1 Å². The molecule has 2 aliphatic heterocycles. The number of nitrogens with one attached hydrogen (secondary N) is 1. The van der Waals surface area contributed by atoms with Gasteiger partial charge in [-0.2, -0.15) is 0 Å². The van der Waals surface area contributed by atoms with Crippen LogP contribution in [0.2, 0.25) is 0 Å². The number of aromatic nitrogens is 1. The largest absolute Gasteiger partial charge is 0.338 e. The van der Waals surface area contributed by atoms with Gasteiger partial charge in [0, 0.05) is 43.2 Å². The number of hydrogen-bond donors (Lipinski definition) is 1. The van der Waals surface area contributed by atoms with Crippen molar-refractivity contribution in [2.45, 2.75) is 57.9 Å². The van der Waals surface area contributed by atoms with Crippen molar-refractivity contribution in [1.29, 1.82) is 0 Å². The van der Waals surface area contributed by atoms with Gasteiger partial charge in [0.1, 0.15) is 0 Å². The van der Waals surface area contributed by atoms with Gasteiger partial charge in [0.15, 0.2) is 0 Å². The summed E-state index contributed by atoms with van der Waals surface area (Å²) >= 11 is 1.71. The van der Waals surface area contributed by atoms with Crippen molar-refractivity contribution < 1.29 is 4.79 Å². The summed E-state index contributed by atoms with van der Waals surface area (Å²) in [6.45, 7) is 7.16. The molecule has 1 atom stereocenters. The van der Waals surface area contributed by atoms with Crippen LogP contribution in [0.5, 0.6) is 0 Å². The highest BCUT2D eigenvalue weighted by molar-refractivity contribution is 7.09. The smallest absolute Gasteiger partial charge is 0.317 e. The van der Waals surface area contributed by atoms with Crippen LogP contribution in [0.3, 0.4) is 0 Å². The second-order valence-corrected chi connectivity index (χ2v) is 8.01. The SMILES string of the molecule is Cc1csc(CCCNC(=O)N2CCCC[C@@H]2CN2CCCC2)n1. The van der Waals surface area contributed by atoms with Crippen LogP contribution < -0.4 is 5.32 Å². The summed E-state index contributed by atoms with van der Waals surface area (Å²) in [6, 6.07) is 0.535. The number of amides is 2. The summed E-state index contributed by atoms with van der Waals surface area (Å²) in [6.07, 6.45) is 8.10. The molecule has 0 unspecified atom stereocenters. The first-order valence-electron chi connectivity index (χ1n) is 9.40. The average Bonchev–Trinajstić information content (AvgIpc) is 3.24. The van der Waals surface area contributed by atoms with E-state index in [9.17, 15) is 4.79 Å². The summed E-state index contributed by atoms with van der Waals surface area (Å²) in [4.78, 5) is 21.7. The number of urea groups is 1. The van der Waals surface area contributed by atoms with Crippen molar-refractivity contribution in [2.24, 2.45) is 0 Å². The highest BCUT2D eigenvalue weighted by Gasteiger charge is 2.28. The van der Waals surface area contributed by atoms with Crippen molar-refractivity contribution >= 4 is 17.4 Å². The van der Waals surface area contributed by atoms with E-state index < -0.39 is 0 Å². The molecule has 0 bridgehead atoms.